The molecule has 2 aromatic rings. The molecule has 1 aliphatic rings. The Balaban J connectivity index is 1.87. The van der Waals surface area contributed by atoms with Gasteiger partial charge in [-0.05, 0) is 19.8 Å². The van der Waals surface area contributed by atoms with E-state index in [1.807, 2.05) is 0 Å². The molecule has 0 radical (unpaired) electrons. The highest BCUT2D eigenvalue weighted by molar-refractivity contribution is 7.89. The van der Waals surface area contributed by atoms with Gasteiger partial charge in [-0.2, -0.15) is 13.2 Å². The largest absolute Gasteiger partial charge is 0.401 e. The van der Waals surface area contributed by atoms with Crippen molar-refractivity contribution in [3.63, 3.8) is 0 Å². The molecule has 1 aliphatic heterocycles. The van der Waals surface area contributed by atoms with Gasteiger partial charge in [0.2, 0.25) is 10.0 Å². The maximum Gasteiger partial charge on any atom is 0.401 e. The van der Waals surface area contributed by atoms with Crippen molar-refractivity contribution >= 4 is 21.6 Å². The Bertz CT molecular complexity index is 1160. The number of hydrogen-bond acceptors (Lipinski definition) is 4. The Hall–Kier alpha value is -2.58. The number of alkyl halides is 3. The fraction of sp³-hybridized carbons (Fsp3) is 0.421. The molecule has 1 aromatic heterocycles. The van der Waals surface area contributed by atoms with Crippen molar-refractivity contribution in [2.75, 3.05) is 11.9 Å². The average Bonchev–Trinajstić information content (AvgIpc) is 2.97. The molecule has 1 aromatic carbocycles. The number of aryl methyl sites for hydroxylation is 1. The highest BCUT2D eigenvalue weighted by Gasteiger charge is 2.36. The van der Waals surface area contributed by atoms with Crippen molar-refractivity contribution in [2.45, 2.75) is 42.9 Å². The summed E-state index contributed by atoms with van der Waals surface area (Å²) in [6, 6.07) is -0.631. The van der Waals surface area contributed by atoms with Crippen LogP contribution in [-0.4, -0.2) is 43.7 Å². The number of carbonyl (C=O) groups excluding carboxylic acids is 1. The summed E-state index contributed by atoms with van der Waals surface area (Å²) in [4.78, 5) is 12.6. The van der Waals surface area contributed by atoms with Gasteiger partial charge >= 0.3 is 6.18 Å². The number of fused-ring (bicyclic) bond motifs is 1. The Labute approximate surface area is 185 Å². The smallest absolute Gasteiger partial charge is 0.345 e. The summed E-state index contributed by atoms with van der Waals surface area (Å²) >= 11 is 0. The van der Waals surface area contributed by atoms with Crippen molar-refractivity contribution in [1.29, 1.82) is 0 Å². The van der Waals surface area contributed by atoms with E-state index in [1.54, 1.807) is 0 Å². The molecule has 33 heavy (non-hydrogen) atoms. The maximum atomic E-state index is 13.5. The summed E-state index contributed by atoms with van der Waals surface area (Å²) in [7, 11) is -2.81. The SMILES string of the molecule is CC(NCC(F)(F)F)C1CCc2c(cn(C)c2C(=O)Nc2cc(F)c(F)c(F)c2)S(=O)(=O)N1. The highest BCUT2D eigenvalue weighted by Crippen LogP contribution is 2.29. The summed E-state index contributed by atoms with van der Waals surface area (Å²) in [6.45, 7) is 0.0964. The quantitative estimate of drug-likeness (QED) is 0.437. The van der Waals surface area contributed by atoms with E-state index < -0.39 is 58.2 Å². The Kier molecular flexibility index (Phi) is 6.82. The zero-order valence-electron chi connectivity index (χ0n) is 17.4. The van der Waals surface area contributed by atoms with Crippen LogP contribution in [0.2, 0.25) is 0 Å². The monoisotopic (exact) mass is 498 g/mol. The summed E-state index contributed by atoms with van der Waals surface area (Å²) < 4.78 is 107. The van der Waals surface area contributed by atoms with Crippen LogP contribution in [0.15, 0.2) is 23.2 Å². The number of halogens is 6. The van der Waals surface area contributed by atoms with Crippen LogP contribution in [0, 0.1) is 17.5 Å². The molecule has 0 aliphatic carbocycles. The second-order valence-electron chi connectivity index (χ2n) is 7.69. The van der Waals surface area contributed by atoms with Crippen LogP contribution in [0.4, 0.5) is 32.0 Å². The third kappa shape index (κ3) is 5.50. The lowest BCUT2D eigenvalue weighted by molar-refractivity contribution is -0.126. The van der Waals surface area contributed by atoms with Gasteiger partial charge < -0.3 is 15.2 Å². The fourth-order valence-corrected chi connectivity index (χ4v) is 5.30. The highest BCUT2D eigenvalue weighted by atomic mass is 32.2. The van der Waals surface area contributed by atoms with Crippen molar-refractivity contribution in [3.05, 3.63) is 47.0 Å². The number of nitrogens with one attached hydrogen (secondary N) is 3. The minimum atomic E-state index is -4.48. The summed E-state index contributed by atoms with van der Waals surface area (Å²) in [5.74, 6) is -5.66. The number of benzene rings is 1. The zero-order chi connectivity index (χ0) is 24.7. The van der Waals surface area contributed by atoms with Crippen molar-refractivity contribution < 1.29 is 39.6 Å². The summed E-state index contributed by atoms with van der Waals surface area (Å²) in [6.07, 6.45) is -3.23. The lowest BCUT2D eigenvalue weighted by Gasteiger charge is -2.24. The predicted octanol–water partition coefficient (Wildman–Crippen LogP) is 2.83. The first-order valence-electron chi connectivity index (χ1n) is 9.66. The van der Waals surface area contributed by atoms with Crippen LogP contribution in [-0.2, 0) is 23.5 Å². The first kappa shape index (κ1) is 25.1. The van der Waals surface area contributed by atoms with E-state index in [9.17, 15) is 39.6 Å². The second-order valence-corrected chi connectivity index (χ2v) is 9.37. The molecule has 0 saturated heterocycles. The molecule has 0 spiro atoms. The molecule has 0 bridgehead atoms. The number of hydrogen-bond donors (Lipinski definition) is 3. The molecule has 3 N–H and O–H groups in total. The number of aromatic nitrogens is 1. The standard InChI is InChI=1S/C19H20F6N4O3S/c1-9(26-8-19(23,24)25)14-4-3-11-15(33(31,32)28-14)7-29(2)17(11)18(30)27-10-5-12(20)16(22)13(21)6-10/h5-7,9,14,26,28H,3-4,8H2,1-2H3,(H,27,30). The molecule has 0 saturated carbocycles. The average molecular weight is 498 g/mol. The van der Waals surface area contributed by atoms with E-state index in [2.05, 4.69) is 15.4 Å². The third-order valence-corrected chi connectivity index (χ3v) is 6.78. The first-order valence-corrected chi connectivity index (χ1v) is 11.1. The third-order valence-electron chi connectivity index (χ3n) is 5.23. The van der Waals surface area contributed by atoms with Gasteiger partial charge in [0, 0.05) is 48.7 Å². The van der Waals surface area contributed by atoms with E-state index >= 15 is 0 Å². The first-order chi connectivity index (χ1) is 15.2. The fourth-order valence-electron chi connectivity index (χ4n) is 3.63. The summed E-state index contributed by atoms with van der Waals surface area (Å²) in [5, 5.41) is 4.44. The molecule has 7 nitrogen and oxygen atoms in total. The van der Waals surface area contributed by atoms with Gasteiger partial charge in [-0.25, -0.2) is 26.3 Å². The van der Waals surface area contributed by atoms with Crippen molar-refractivity contribution in [1.82, 2.24) is 14.6 Å². The second kappa shape index (κ2) is 8.99. The Morgan fingerprint density at radius 3 is 2.42 bits per heavy atom. The molecule has 182 valence electrons. The molecule has 1 amide bonds. The number of nitrogens with zero attached hydrogens (tertiary/aromatic N) is 1. The molecule has 2 atom stereocenters. The number of sulfonamides is 1. The lowest BCUT2D eigenvalue weighted by Crippen LogP contribution is -2.49. The Morgan fingerprint density at radius 2 is 1.85 bits per heavy atom. The van der Waals surface area contributed by atoms with Gasteiger partial charge in [0.05, 0.1) is 6.54 Å². The van der Waals surface area contributed by atoms with Crippen molar-refractivity contribution in [2.24, 2.45) is 7.05 Å². The van der Waals surface area contributed by atoms with Crippen LogP contribution in [0.1, 0.15) is 29.4 Å². The zero-order valence-corrected chi connectivity index (χ0v) is 18.2. The van der Waals surface area contributed by atoms with E-state index in [0.717, 1.165) is 6.20 Å². The lowest BCUT2D eigenvalue weighted by atomic mass is 10.0. The van der Waals surface area contributed by atoms with E-state index in [-0.39, 0.29) is 34.7 Å². The maximum absolute atomic E-state index is 13.5. The molecule has 14 heteroatoms. The van der Waals surface area contributed by atoms with Crippen LogP contribution < -0.4 is 15.4 Å². The van der Waals surface area contributed by atoms with Gasteiger partial charge in [0.25, 0.3) is 5.91 Å². The number of rotatable bonds is 5. The summed E-state index contributed by atoms with van der Waals surface area (Å²) in [5.41, 5.74) is -0.419. The van der Waals surface area contributed by atoms with Gasteiger partial charge in [-0.3, -0.25) is 4.79 Å². The van der Waals surface area contributed by atoms with Gasteiger partial charge in [0.15, 0.2) is 17.5 Å². The van der Waals surface area contributed by atoms with Gasteiger partial charge in [-0.15, -0.1) is 0 Å². The molecule has 0 fully saturated rings. The van der Waals surface area contributed by atoms with E-state index in [4.69, 9.17) is 0 Å². The minimum Gasteiger partial charge on any atom is -0.345 e. The molecule has 3 rings (SSSR count). The van der Waals surface area contributed by atoms with Crippen LogP contribution in [0.25, 0.3) is 0 Å². The van der Waals surface area contributed by atoms with Gasteiger partial charge in [-0.1, -0.05) is 0 Å². The van der Waals surface area contributed by atoms with Crippen LogP contribution >= 0.6 is 0 Å². The molecular weight excluding hydrogens is 478 g/mol. The molecular formula is C19H20F6N4O3S. The van der Waals surface area contributed by atoms with E-state index in [1.165, 1.54) is 18.5 Å². The molecule has 2 unspecified atom stereocenters. The molecule has 2 heterocycles. The van der Waals surface area contributed by atoms with E-state index in [0.29, 0.717) is 12.1 Å². The topological polar surface area (TPSA) is 92.2 Å². The van der Waals surface area contributed by atoms with Crippen molar-refractivity contribution in [3.8, 4) is 0 Å². The van der Waals surface area contributed by atoms with Crippen LogP contribution in [0.5, 0.6) is 0 Å². The number of amides is 1. The minimum absolute atomic E-state index is 0.0139. The predicted molar refractivity (Wildman–Crippen MR) is 106 cm³/mol. The number of anilines is 1. The van der Waals surface area contributed by atoms with Crippen LogP contribution in [0.3, 0.4) is 0 Å². The van der Waals surface area contributed by atoms with Gasteiger partial charge in [0.1, 0.15) is 10.6 Å². The number of carbonyl (C=O) groups is 1. The Morgan fingerprint density at radius 1 is 1.24 bits per heavy atom. The normalized spacial score (nSPS) is 19.0.